The molecule has 7 heteroatoms. The number of amides is 1. The normalized spacial score (nSPS) is 10.8. The maximum Gasteiger partial charge on any atom is 0.251 e. The van der Waals surface area contributed by atoms with Crippen LogP contribution in [0.1, 0.15) is 24.2 Å². The first kappa shape index (κ1) is 16.7. The summed E-state index contributed by atoms with van der Waals surface area (Å²) in [4.78, 5) is 11.5. The quantitative estimate of drug-likeness (QED) is 0.833. The number of halogens is 4. The average Bonchev–Trinajstić information content (AvgIpc) is 2.20. The maximum atomic E-state index is 12.9. The van der Waals surface area contributed by atoms with Crippen molar-refractivity contribution in [2.75, 3.05) is 6.54 Å². The zero-order valence-corrected chi connectivity index (χ0v) is 10.7. The smallest absolute Gasteiger partial charge is 0.251 e. The van der Waals surface area contributed by atoms with Crippen molar-refractivity contribution in [1.82, 2.24) is 5.32 Å². The first-order valence-corrected chi connectivity index (χ1v) is 4.92. The van der Waals surface area contributed by atoms with Gasteiger partial charge in [-0.05, 0) is 26.0 Å². The fraction of sp³-hybridized carbons (Fsp3) is 0.364. The molecule has 3 N–H and O–H groups in total. The summed E-state index contributed by atoms with van der Waals surface area (Å²) >= 11 is 0. The van der Waals surface area contributed by atoms with Gasteiger partial charge in [0, 0.05) is 17.6 Å². The zero-order valence-electron chi connectivity index (χ0n) is 9.89. The molecule has 0 spiro atoms. The number of carbonyl (C=O) groups is 1. The second-order valence-electron chi connectivity index (χ2n) is 4.43. The molecule has 0 atom stereocenters. The summed E-state index contributed by atoms with van der Waals surface area (Å²) in [5.41, 5.74) is 4.69. The molecule has 0 aliphatic rings. The van der Waals surface area contributed by atoms with Crippen LogP contribution in [0.15, 0.2) is 12.1 Å². The molecule has 0 saturated heterocycles. The highest BCUT2D eigenvalue weighted by Gasteiger charge is 2.17. The highest BCUT2D eigenvalue weighted by Crippen LogP contribution is 2.13. The van der Waals surface area contributed by atoms with Gasteiger partial charge in [0.2, 0.25) is 0 Å². The molecule has 1 amide bonds. The van der Waals surface area contributed by atoms with E-state index in [0.717, 1.165) is 0 Å². The van der Waals surface area contributed by atoms with Gasteiger partial charge in [-0.25, -0.2) is 13.2 Å². The van der Waals surface area contributed by atoms with Gasteiger partial charge in [0.15, 0.2) is 17.5 Å². The lowest BCUT2D eigenvalue weighted by atomic mass is 10.1. The third-order valence-corrected chi connectivity index (χ3v) is 1.95. The molecule has 1 aromatic rings. The van der Waals surface area contributed by atoms with Crippen molar-refractivity contribution < 1.29 is 18.0 Å². The summed E-state index contributed by atoms with van der Waals surface area (Å²) in [6.45, 7) is 3.49. The van der Waals surface area contributed by atoms with Crippen LogP contribution in [0.25, 0.3) is 0 Å². The molecule has 102 valence electrons. The first-order valence-electron chi connectivity index (χ1n) is 4.92. The van der Waals surface area contributed by atoms with Gasteiger partial charge in [-0.3, -0.25) is 4.79 Å². The number of hydrogen-bond donors (Lipinski definition) is 2. The number of carbonyl (C=O) groups excluding carboxylic acids is 1. The molecule has 18 heavy (non-hydrogen) atoms. The Hall–Kier alpha value is -1.27. The molecule has 0 heterocycles. The Bertz CT molecular complexity index is 423. The molecule has 0 aliphatic heterocycles. The second kappa shape index (κ2) is 6.06. The van der Waals surface area contributed by atoms with Crippen LogP contribution in [-0.4, -0.2) is 18.0 Å². The van der Waals surface area contributed by atoms with Crippen molar-refractivity contribution >= 4 is 18.3 Å². The van der Waals surface area contributed by atoms with E-state index in [9.17, 15) is 18.0 Å². The van der Waals surface area contributed by atoms with E-state index in [-0.39, 0.29) is 24.5 Å². The number of nitrogens with two attached hydrogens (primary N) is 1. The van der Waals surface area contributed by atoms with Gasteiger partial charge in [0.25, 0.3) is 5.91 Å². The average molecular weight is 283 g/mol. The molecule has 0 aromatic heterocycles. The van der Waals surface area contributed by atoms with Crippen LogP contribution < -0.4 is 11.1 Å². The molecule has 0 bridgehead atoms. The maximum absolute atomic E-state index is 12.9. The lowest BCUT2D eigenvalue weighted by molar-refractivity contribution is 0.0945. The standard InChI is InChI=1S/C11H13F3N2O.ClH/c1-11(2,15)5-16-10(17)6-3-7(12)9(14)8(13)4-6;/h3-4H,5,15H2,1-2H3,(H,16,17);1H. The van der Waals surface area contributed by atoms with Gasteiger partial charge < -0.3 is 11.1 Å². The monoisotopic (exact) mass is 282 g/mol. The van der Waals surface area contributed by atoms with E-state index in [1.807, 2.05) is 0 Å². The van der Waals surface area contributed by atoms with Crippen molar-refractivity contribution in [3.63, 3.8) is 0 Å². The molecule has 0 aliphatic carbocycles. The Morgan fingerprint density at radius 1 is 1.28 bits per heavy atom. The van der Waals surface area contributed by atoms with Gasteiger partial charge in [0.1, 0.15) is 0 Å². The van der Waals surface area contributed by atoms with Gasteiger partial charge in [-0.15, -0.1) is 12.4 Å². The molecule has 3 nitrogen and oxygen atoms in total. The Kier molecular flexibility index (Phi) is 5.63. The SMILES string of the molecule is CC(C)(N)CNC(=O)c1cc(F)c(F)c(F)c1.Cl. The lowest BCUT2D eigenvalue weighted by Gasteiger charge is -2.18. The Balaban J connectivity index is 0.00000289. The molecule has 0 fully saturated rings. The Morgan fingerprint density at radius 3 is 2.11 bits per heavy atom. The van der Waals surface area contributed by atoms with Crippen LogP contribution in [0.2, 0.25) is 0 Å². The highest BCUT2D eigenvalue weighted by molar-refractivity contribution is 5.94. The van der Waals surface area contributed by atoms with E-state index < -0.39 is 28.9 Å². The number of benzene rings is 1. The minimum atomic E-state index is -1.60. The Morgan fingerprint density at radius 2 is 1.72 bits per heavy atom. The van der Waals surface area contributed by atoms with Crippen molar-refractivity contribution in [3.8, 4) is 0 Å². The van der Waals surface area contributed by atoms with Crippen molar-refractivity contribution in [1.29, 1.82) is 0 Å². The third-order valence-electron chi connectivity index (χ3n) is 1.95. The van der Waals surface area contributed by atoms with Gasteiger partial charge in [-0.1, -0.05) is 0 Å². The van der Waals surface area contributed by atoms with Gasteiger partial charge >= 0.3 is 0 Å². The number of hydrogen-bond acceptors (Lipinski definition) is 2. The Labute approximate surface area is 109 Å². The van der Waals surface area contributed by atoms with Crippen LogP contribution in [0.4, 0.5) is 13.2 Å². The fourth-order valence-corrected chi connectivity index (χ4v) is 1.10. The molecule has 0 radical (unpaired) electrons. The predicted octanol–water partition coefficient (Wildman–Crippen LogP) is 1.99. The van der Waals surface area contributed by atoms with E-state index >= 15 is 0 Å². The first-order chi connectivity index (χ1) is 7.70. The third kappa shape index (κ3) is 4.54. The second-order valence-corrected chi connectivity index (χ2v) is 4.43. The van der Waals surface area contributed by atoms with Crippen LogP contribution >= 0.6 is 12.4 Å². The summed E-state index contributed by atoms with van der Waals surface area (Å²) in [5.74, 6) is -5.11. The molecule has 1 rings (SSSR count). The molecular weight excluding hydrogens is 269 g/mol. The van der Waals surface area contributed by atoms with Gasteiger partial charge in [0.05, 0.1) is 0 Å². The van der Waals surface area contributed by atoms with Crippen LogP contribution in [0, 0.1) is 17.5 Å². The minimum absolute atomic E-state index is 0. The summed E-state index contributed by atoms with van der Waals surface area (Å²) < 4.78 is 38.4. The summed E-state index contributed by atoms with van der Waals surface area (Å²) in [6, 6.07) is 1.27. The van der Waals surface area contributed by atoms with Crippen LogP contribution in [-0.2, 0) is 0 Å². The predicted molar refractivity (Wildman–Crippen MR) is 64.2 cm³/mol. The lowest BCUT2D eigenvalue weighted by Crippen LogP contribution is -2.45. The molecular formula is C11H14ClF3N2O. The van der Waals surface area contributed by atoms with Crippen molar-refractivity contribution in [2.45, 2.75) is 19.4 Å². The summed E-state index contributed by atoms with van der Waals surface area (Å²) in [5, 5.41) is 2.39. The van der Waals surface area contributed by atoms with E-state index in [0.29, 0.717) is 12.1 Å². The van der Waals surface area contributed by atoms with Crippen molar-refractivity contribution in [3.05, 3.63) is 35.1 Å². The largest absolute Gasteiger partial charge is 0.350 e. The molecule has 0 unspecified atom stereocenters. The summed E-state index contributed by atoms with van der Waals surface area (Å²) in [7, 11) is 0. The number of rotatable bonds is 3. The van der Waals surface area contributed by atoms with E-state index in [1.54, 1.807) is 13.8 Å². The van der Waals surface area contributed by atoms with E-state index in [1.165, 1.54) is 0 Å². The fourth-order valence-electron chi connectivity index (χ4n) is 1.10. The van der Waals surface area contributed by atoms with E-state index in [2.05, 4.69) is 5.32 Å². The van der Waals surface area contributed by atoms with Crippen LogP contribution in [0.3, 0.4) is 0 Å². The molecule has 1 aromatic carbocycles. The minimum Gasteiger partial charge on any atom is -0.350 e. The van der Waals surface area contributed by atoms with Crippen LogP contribution in [0.5, 0.6) is 0 Å². The topological polar surface area (TPSA) is 55.1 Å². The molecule has 0 saturated carbocycles. The highest BCUT2D eigenvalue weighted by atomic mass is 35.5. The summed E-state index contributed by atoms with van der Waals surface area (Å²) in [6.07, 6.45) is 0. The van der Waals surface area contributed by atoms with E-state index in [4.69, 9.17) is 5.73 Å². The number of nitrogens with one attached hydrogen (secondary N) is 1. The zero-order chi connectivity index (χ0) is 13.2. The van der Waals surface area contributed by atoms with Crippen molar-refractivity contribution in [2.24, 2.45) is 5.73 Å². The van der Waals surface area contributed by atoms with Gasteiger partial charge in [-0.2, -0.15) is 0 Å².